The summed E-state index contributed by atoms with van der Waals surface area (Å²) < 4.78 is 18.2. The lowest BCUT2D eigenvalue weighted by molar-refractivity contribution is 0.278. The minimum atomic E-state index is -2.17. The first-order valence-electron chi connectivity index (χ1n) is 8.79. The van der Waals surface area contributed by atoms with Crippen LogP contribution < -0.4 is 16.4 Å². The van der Waals surface area contributed by atoms with Crippen LogP contribution >= 0.6 is 0 Å². The first-order valence-corrected chi connectivity index (χ1v) is 8.79. The molecule has 1 aliphatic heterocycles. The van der Waals surface area contributed by atoms with Gasteiger partial charge in [-0.05, 0) is 16.4 Å². The van der Waals surface area contributed by atoms with Crippen LogP contribution in [0.3, 0.4) is 0 Å². The van der Waals surface area contributed by atoms with Gasteiger partial charge in [-0.1, -0.05) is 91.0 Å². The van der Waals surface area contributed by atoms with Gasteiger partial charge in [-0.2, -0.15) is 0 Å². The molecular formula is C18H18B4O6. The van der Waals surface area contributed by atoms with Crippen molar-refractivity contribution in [2.24, 2.45) is 0 Å². The van der Waals surface area contributed by atoms with Crippen LogP contribution in [-0.4, -0.2) is 43.7 Å². The van der Waals surface area contributed by atoms with E-state index < -0.39 is 28.7 Å². The van der Waals surface area contributed by atoms with Crippen LogP contribution in [-0.2, 0) is 13.7 Å². The average Bonchev–Trinajstić information content (AvgIpc) is 2.75. The molecule has 1 fully saturated rings. The van der Waals surface area contributed by atoms with Crippen LogP contribution in [0.4, 0.5) is 0 Å². The summed E-state index contributed by atoms with van der Waals surface area (Å²) in [5.41, 5.74) is 2.92. The highest BCUT2D eigenvalue weighted by Crippen LogP contribution is 2.10. The van der Waals surface area contributed by atoms with E-state index in [1.54, 1.807) is 0 Å². The molecule has 10 heteroatoms. The van der Waals surface area contributed by atoms with Crippen molar-refractivity contribution < 1.29 is 28.8 Å². The lowest BCUT2D eigenvalue weighted by Crippen LogP contribution is -2.61. The number of hydrogen-bond donors (Lipinski definition) is 3. The second-order valence-corrected chi connectivity index (χ2v) is 5.98. The Morgan fingerprint density at radius 1 is 0.464 bits per heavy atom. The van der Waals surface area contributed by atoms with Gasteiger partial charge >= 0.3 is 28.7 Å². The Morgan fingerprint density at radius 3 is 0.893 bits per heavy atom. The summed E-state index contributed by atoms with van der Waals surface area (Å²) >= 11 is 0. The molecule has 0 aromatic heterocycles. The molecule has 6 nitrogen and oxygen atoms in total. The molecule has 0 radical (unpaired) electrons. The Labute approximate surface area is 165 Å². The predicted octanol–water partition coefficient (Wildman–Crippen LogP) is -0.816. The van der Waals surface area contributed by atoms with E-state index in [0.29, 0.717) is 0 Å². The maximum Gasteiger partial charge on any atom is 0.631 e. The first-order chi connectivity index (χ1) is 13.6. The van der Waals surface area contributed by atoms with Crippen molar-refractivity contribution in [1.29, 1.82) is 0 Å². The molecule has 0 atom stereocenters. The summed E-state index contributed by atoms with van der Waals surface area (Å²) in [5.74, 6) is 0. The van der Waals surface area contributed by atoms with Crippen molar-refractivity contribution in [1.82, 2.24) is 0 Å². The molecule has 3 aromatic carbocycles. The van der Waals surface area contributed by atoms with Crippen LogP contribution in [0.2, 0.25) is 0 Å². The van der Waals surface area contributed by atoms with Crippen LogP contribution in [0.5, 0.6) is 0 Å². The molecule has 3 N–H and O–H groups in total. The third-order valence-electron chi connectivity index (χ3n) is 3.96. The summed E-state index contributed by atoms with van der Waals surface area (Å²) in [6.07, 6.45) is 0. The topological polar surface area (TPSA) is 88.4 Å². The standard InChI is InChI=1S/C18H15B3O3.BH3O3/c1-4-10-16(11-5-1)19-22-20(17-12-6-2-7-13-17)24-21(23-19)18-14-8-3-9-15-18;2-1(3)4/h1-15H;2-4H. The highest BCUT2D eigenvalue weighted by atomic mass is 16.7. The Kier molecular flexibility index (Phi) is 7.50. The van der Waals surface area contributed by atoms with Crippen molar-refractivity contribution in [3.63, 3.8) is 0 Å². The fraction of sp³-hybridized carbons (Fsp3) is 0. The van der Waals surface area contributed by atoms with Crippen molar-refractivity contribution in [3.8, 4) is 0 Å². The first kappa shape index (κ1) is 20.4. The molecule has 0 bridgehead atoms. The summed E-state index contributed by atoms with van der Waals surface area (Å²) in [6, 6.07) is 29.8. The smallest absolute Gasteiger partial charge is 0.445 e. The van der Waals surface area contributed by atoms with Crippen molar-refractivity contribution in [2.45, 2.75) is 0 Å². The van der Waals surface area contributed by atoms with Crippen molar-refractivity contribution in [3.05, 3.63) is 91.0 Å². The molecule has 0 saturated carbocycles. The molecule has 28 heavy (non-hydrogen) atoms. The highest BCUT2D eigenvalue weighted by molar-refractivity contribution is 6.87. The van der Waals surface area contributed by atoms with Gasteiger partial charge in [-0.3, -0.25) is 0 Å². The van der Waals surface area contributed by atoms with E-state index in [1.165, 1.54) is 0 Å². The zero-order valence-electron chi connectivity index (χ0n) is 15.0. The van der Waals surface area contributed by atoms with Gasteiger partial charge in [0, 0.05) is 0 Å². The predicted molar refractivity (Wildman–Crippen MR) is 111 cm³/mol. The quantitative estimate of drug-likeness (QED) is 0.520. The second kappa shape index (κ2) is 10.3. The van der Waals surface area contributed by atoms with E-state index in [4.69, 9.17) is 28.8 Å². The Morgan fingerprint density at radius 2 is 0.679 bits per heavy atom. The summed E-state index contributed by atoms with van der Waals surface area (Å²) in [5, 5.41) is 21.5. The van der Waals surface area contributed by atoms with Crippen molar-refractivity contribution in [2.75, 3.05) is 0 Å². The Balaban J connectivity index is 0.000000516. The lowest BCUT2D eigenvalue weighted by atomic mass is 9.61. The molecule has 3 aromatic rings. The summed E-state index contributed by atoms with van der Waals surface area (Å²) in [6.45, 7) is 0. The maximum atomic E-state index is 7.17. The van der Waals surface area contributed by atoms with Crippen LogP contribution in [0.1, 0.15) is 0 Å². The second-order valence-electron chi connectivity index (χ2n) is 5.98. The van der Waals surface area contributed by atoms with Gasteiger partial charge in [-0.25, -0.2) is 0 Å². The average molecular weight is 374 g/mol. The molecule has 0 spiro atoms. The molecule has 138 valence electrons. The van der Waals surface area contributed by atoms with Gasteiger partial charge < -0.3 is 28.8 Å². The number of hydrogen-bond acceptors (Lipinski definition) is 6. The van der Waals surface area contributed by atoms with E-state index in [0.717, 1.165) is 16.4 Å². The monoisotopic (exact) mass is 374 g/mol. The molecule has 0 unspecified atom stereocenters. The molecule has 0 amide bonds. The normalized spacial score (nSPS) is 13.6. The van der Waals surface area contributed by atoms with Crippen molar-refractivity contribution >= 4 is 45.1 Å². The molecule has 0 aliphatic carbocycles. The van der Waals surface area contributed by atoms with Crippen LogP contribution in [0.15, 0.2) is 91.0 Å². The van der Waals surface area contributed by atoms with E-state index in [2.05, 4.69) is 0 Å². The fourth-order valence-corrected chi connectivity index (χ4v) is 2.73. The van der Waals surface area contributed by atoms with Gasteiger partial charge in [0.25, 0.3) is 0 Å². The Bertz CT molecular complexity index is 708. The third-order valence-corrected chi connectivity index (χ3v) is 3.96. The van der Waals surface area contributed by atoms with Crippen LogP contribution in [0.25, 0.3) is 0 Å². The van der Waals surface area contributed by atoms with Gasteiger partial charge in [0.1, 0.15) is 0 Å². The summed E-state index contributed by atoms with van der Waals surface area (Å²) in [4.78, 5) is 0. The Hall–Kier alpha value is -2.32. The molecule has 4 rings (SSSR count). The zero-order valence-corrected chi connectivity index (χ0v) is 15.0. The molecule has 1 saturated heterocycles. The minimum absolute atomic E-state index is 0.477. The van der Waals surface area contributed by atoms with Gasteiger partial charge in [-0.15, -0.1) is 0 Å². The minimum Gasteiger partial charge on any atom is -0.445 e. The van der Waals surface area contributed by atoms with Gasteiger partial charge in [0.05, 0.1) is 0 Å². The van der Waals surface area contributed by atoms with Crippen LogP contribution in [0, 0.1) is 0 Å². The maximum absolute atomic E-state index is 7.17. The molecular weight excluding hydrogens is 355 g/mol. The summed E-state index contributed by atoms with van der Waals surface area (Å²) in [7, 11) is -3.60. The van der Waals surface area contributed by atoms with E-state index >= 15 is 0 Å². The third kappa shape index (κ3) is 5.84. The van der Waals surface area contributed by atoms with Gasteiger partial charge in [0.2, 0.25) is 0 Å². The molecule has 1 aliphatic rings. The molecule has 1 heterocycles. The lowest BCUT2D eigenvalue weighted by Gasteiger charge is -2.31. The van der Waals surface area contributed by atoms with E-state index in [1.807, 2.05) is 91.0 Å². The highest BCUT2D eigenvalue weighted by Gasteiger charge is 2.43. The van der Waals surface area contributed by atoms with E-state index in [-0.39, 0.29) is 0 Å². The number of benzene rings is 3. The number of rotatable bonds is 3. The van der Waals surface area contributed by atoms with Gasteiger partial charge in [0.15, 0.2) is 0 Å². The zero-order chi connectivity index (χ0) is 19.8. The SMILES string of the molecule is OB(O)O.c1ccc(B2OB(c3ccccc3)OB(c3ccccc3)O2)cc1. The fourth-order valence-electron chi connectivity index (χ4n) is 2.73. The van der Waals surface area contributed by atoms with E-state index in [9.17, 15) is 0 Å². The largest absolute Gasteiger partial charge is 0.631 e.